The van der Waals surface area contributed by atoms with Gasteiger partial charge in [0, 0.05) is 11.6 Å². The Morgan fingerprint density at radius 2 is 1.84 bits per heavy atom. The Labute approximate surface area is 117 Å². The van der Waals surface area contributed by atoms with Crippen LogP contribution in [0.1, 0.15) is 36.6 Å². The van der Waals surface area contributed by atoms with Gasteiger partial charge in [-0.05, 0) is 57.1 Å². The van der Waals surface area contributed by atoms with Crippen LogP contribution in [0.5, 0.6) is 5.75 Å². The Kier molecular flexibility index (Phi) is 4.99. The molecule has 0 fully saturated rings. The van der Waals surface area contributed by atoms with Crippen molar-refractivity contribution in [3.05, 3.63) is 28.8 Å². The third-order valence-corrected chi connectivity index (χ3v) is 3.77. The highest BCUT2D eigenvalue weighted by molar-refractivity contribution is 5.45. The number of nitrogens with zero attached hydrogens (tertiary/aromatic N) is 1. The minimum absolute atomic E-state index is 0.0171. The lowest BCUT2D eigenvalue weighted by Crippen LogP contribution is -2.39. The molecule has 0 saturated heterocycles. The van der Waals surface area contributed by atoms with Crippen molar-refractivity contribution in [1.82, 2.24) is 4.90 Å². The van der Waals surface area contributed by atoms with E-state index in [4.69, 9.17) is 10.5 Å². The van der Waals surface area contributed by atoms with Gasteiger partial charge in [0.1, 0.15) is 5.75 Å². The topological polar surface area (TPSA) is 38.5 Å². The number of aryl methyl sites for hydroxylation is 2. The standard InChI is InChI=1S/C16H28N2O/c1-11-8-12(2)14(13(9-11)19-7)15(18(5)6)16(3,4)10-17/h8-9,15H,10,17H2,1-7H3. The summed E-state index contributed by atoms with van der Waals surface area (Å²) in [6.45, 7) is 9.28. The molecule has 1 unspecified atom stereocenters. The van der Waals surface area contributed by atoms with Crippen molar-refractivity contribution in [2.75, 3.05) is 27.7 Å². The van der Waals surface area contributed by atoms with Gasteiger partial charge in [-0.3, -0.25) is 0 Å². The second kappa shape index (κ2) is 5.93. The van der Waals surface area contributed by atoms with E-state index in [0.29, 0.717) is 6.54 Å². The highest BCUT2D eigenvalue weighted by Crippen LogP contribution is 2.42. The molecule has 3 nitrogen and oxygen atoms in total. The van der Waals surface area contributed by atoms with Crippen LogP contribution in [0.15, 0.2) is 12.1 Å². The largest absolute Gasteiger partial charge is 0.496 e. The summed E-state index contributed by atoms with van der Waals surface area (Å²) < 4.78 is 5.61. The van der Waals surface area contributed by atoms with Gasteiger partial charge in [-0.15, -0.1) is 0 Å². The first-order chi connectivity index (χ1) is 8.74. The molecule has 1 atom stereocenters. The van der Waals surface area contributed by atoms with Gasteiger partial charge in [-0.1, -0.05) is 19.9 Å². The fourth-order valence-electron chi connectivity index (χ4n) is 2.92. The number of hydrogen-bond donors (Lipinski definition) is 1. The number of nitrogens with two attached hydrogens (primary N) is 1. The molecule has 1 rings (SSSR count). The van der Waals surface area contributed by atoms with E-state index in [1.165, 1.54) is 16.7 Å². The number of rotatable bonds is 5. The van der Waals surface area contributed by atoms with Crippen LogP contribution in [0.4, 0.5) is 0 Å². The van der Waals surface area contributed by atoms with E-state index >= 15 is 0 Å². The highest BCUT2D eigenvalue weighted by Gasteiger charge is 2.34. The van der Waals surface area contributed by atoms with E-state index in [9.17, 15) is 0 Å². The van der Waals surface area contributed by atoms with Crippen molar-refractivity contribution in [2.24, 2.45) is 11.1 Å². The SMILES string of the molecule is COc1cc(C)cc(C)c1C(N(C)C)C(C)(C)CN. The Morgan fingerprint density at radius 3 is 2.26 bits per heavy atom. The van der Waals surface area contributed by atoms with Gasteiger partial charge in [-0.2, -0.15) is 0 Å². The zero-order valence-electron chi connectivity index (χ0n) is 13.4. The molecule has 0 aliphatic heterocycles. The van der Waals surface area contributed by atoms with Crippen molar-refractivity contribution in [2.45, 2.75) is 33.7 Å². The second-order valence-electron chi connectivity index (χ2n) is 6.26. The molecule has 0 heterocycles. The van der Waals surface area contributed by atoms with E-state index in [0.717, 1.165) is 5.75 Å². The molecule has 2 N–H and O–H groups in total. The van der Waals surface area contributed by atoms with Crippen molar-refractivity contribution < 1.29 is 4.74 Å². The summed E-state index contributed by atoms with van der Waals surface area (Å²) in [5.41, 5.74) is 9.70. The molecular weight excluding hydrogens is 236 g/mol. The van der Waals surface area contributed by atoms with Gasteiger partial charge < -0.3 is 15.4 Å². The number of benzene rings is 1. The van der Waals surface area contributed by atoms with Gasteiger partial charge in [0.15, 0.2) is 0 Å². The monoisotopic (exact) mass is 264 g/mol. The molecule has 1 aromatic rings. The van der Waals surface area contributed by atoms with Gasteiger partial charge in [-0.25, -0.2) is 0 Å². The molecular formula is C16H28N2O. The third-order valence-electron chi connectivity index (χ3n) is 3.77. The predicted octanol–water partition coefficient (Wildman–Crippen LogP) is 2.90. The molecule has 108 valence electrons. The van der Waals surface area contributed by atoms with E-state index < -0.39 is 0 Å². The maximum atomic E-state index is 5.99. The first kappa shape index (κ1) is 16.0. The highest BCUT2D eigenvalue weighted by atomic mass is 16.5. The van der Waals surface area contributed by atoms with Gasteiger partial charge in [0.05, 0.1) is 7.11 Å². The third kappa shape index (κ3) is 3.28. The lowest BCUT2D eigenvalue weighted by Gasteiger charge is -2.39. The smallest absolute Gasteiger partial charge is 0.124 e. The molecule has 0 spiro atoms. The van der Waals surface area contributed by atoms with E-state index in [1.54, 1.807) is 7.11 Å². The maximum absolute atomic E-state index is 5.99. The zero-order chi connectivity index (χ0) is 14.8. The van der Waals surface area contributed by atoms with Crippen molar-refractivity contribution >= 4 is 0 Å². The quantitative estimate of drug-likeness (QED) is 0.888. The molecule has 3 heteroatoms. The summed E-state index contributed by atoms with van der Waals surface area (Å²) in [5.74, 6) is 0.956. The van der Waals surface area contributed by atoms with Crippen LogP contribution in [0.25, 0.3) is 0 Å². The van der Waals surface area contributed by atoms with Crippen molar-refractivity contribution in [3.63, 3.8) is 0 Å². The van der Waals surface area contributed by atoms with Crippen LogP contribution in [0.2, 0.25) is 0 Å². The van der Waals surface area contributed by atoms with Crippen molar-refractivity contribution in [3.8, 4) is 5.75 Å². The average molecular weight is 264 g/mol. The summed E-state index contributed by atoms with van der Waals surface area (Å²) in [4.78, 5) is 2.23. The van der Waals surface area contributed by atoms with Crippen LogP contribution in [0.3, 0.4) is 0 Å². The molecule has 0 bridgehead atoms. The fraction of sp³-hybridized carbons (Fsp3) is 0.625. The Bertz CT molecular complexity index is 439. The predicted molar refractivity (Wildman–Crippen MR) is 81.7 cm³/mol. The van der Waals surface area contributed by atoms with Gasteiger partial charge in [0.2, 0.25) is 0 Å². The molecule has 0 saturated carbocycles. The normalized spacial score (nSPS) is 13.7. The molecule has 0 amide bonds. The van der Waals surface area contributed by atoms with Crippen LogP contribution >= 0.6 is 0 Å². The minimum atomic E-state index is -0.0171. The van der Waals surface area contributed by atoms with E-state index in [-0.39, 0.29) is 11.5 Å². The summed E-state index contributed by atoms with van der Waals surface area (Å²) in [7, 11) is 5.93. The van der Waals surface area contributed by atoms with Crippen LogP contribution in [-0.4, -0.2) is 32.6 Å². The maximum Gasteiger partial charge on any atom is 0.124 e. The summed E-state index contributed by atoms with van der Waals surface area (Å²) in [6, 6.07) is 4.54. The average Bonchev–Trinajstić information content (AvgIpc) is 2.31. The number of ether oxygens (including phenoxy) is 1. The minimum Gasteiger partial charge on any atom is -0.496 e. The fourth-order valence-corrected chi connectivity index (χ4v) is 2.92. The van der Waals surface area contributed by atoms with Crippen molar-refractivity contribution in [1.29, 1.82) is 0 Å². The molecule has 0 aliphatic carbocycles. The molecule has 19 heavy (non-hydrogen) atoms. The number of hydrogen-bond acceptors (Lipinski definition) is 3. The van der Waals surface area contributed by atoms with Gasteiger partial charge in [0.25, 0.3) is 0 Å². The summed E-state index contributed by atoms with van der Waals surface area (Å²) in [5, 5.41) is 0. The van der Waals surface area contributed by atoms with Crippen LogP contribution in [-0.2, 0) is 0 Å². The van der Waals surface area contributed by atoms with E-state index in [1.807, 2.05) is 0 Å². The van der Waals surface area contributed by atoms with Gasteiger partial charge >= 0.3 is 0 Å². The Morgan fingerprint density at radius 1 is 1.26 bits per heavy atom. The molecule has 1 aromatic carbocycles. The zero-order valence-corrected chi connectivity index (χ0v) is 13.4. The molecule has 0 aromatic heterocycles. The lowest BCUT2D eigenvalue weighted by molar-refractivity contribution is 0.139. The molecule has 0 radical (unpaired) electrons. The first-order valence-corrected chi connectivity index (χ1v) is 6.76. The number of methoxy groups -OCH3 is 1. The Balaban J connectivity index is 3.47. The first-order valence-electron chi connectivity index (χ1n) is 6.76. The summed E-state index contributed by atoms with van der Waals surface area (Å²) >= 11 is 0. The Hall–Kier alpha value is -1.06. The molecule has 0 aliphatic rings. The van der Waals surface area contributed by atoms with Crippen LogP contribution < -0.4 is 10.5 Å². The second-order valence-corrected chi connectivity index (χ2v) is 6.26. The lowest BCUT2D eigenvalue weighted by atomic mass is 9.78. The van der Waals surface area contributed by atoms with E-state index in [2.05, 4.69) is 58.8 Å². The summed E-state index contributed by atoms with van der Waals surface area (Å²) in [6.07, 6.45) is 0. The van der Waals surface area contributed by atoms with Crippen LogP contribution in [0, 0.1) is 19.3 Å².